The Morgan fingerprint density at radius 3 is 2.34 bits per heavy atom. The third-order valence-electron chi connectivity index (χ3n) is 8.14. The largest absolute Gasteiger partial charge is 0.495 e. The third kappa shape index (κ3) is 5.70. The zero-order valence-corrected chi connectivity index (χ0v) is 25.5. The fraction of sp³-hybridized carbons (Fsp3) is 0.571. The molecule has 206 valence electrons. The van der Waals surface area contributed by atoms with Crippen LogP contribution in [0.25, 0.3) is 16.7 Å². The Morgan fingerprint density at radius 2 is 1.71 bits per heavy atom. The number of rotatable bonds is 9. The summed E-state index contributed by atoms with van der Waals surface area (Å²) in [6, 6.07) is 9.97. The van der Waals surface area contributed by atoms with Crippen LogP contribution in [0.2, 0.25) is 18.1 Å². The number of ether oxygens (including phenoxy) is 2. The molecule has 4 rings (SSSR count). The molecule has 1 aliphatic rings. The number of hydrogen-bond donors (Lipinski definition) is 0. The summed E-state index contributed by atoms with van der Waals surface area (Å²) in [6.45, 7) is 20.8. The first-order chi connectivity index (χ1) is 17.6. The minimum Gasteiger partial charge on any atom is -0.490 e. The van der Waals surface area contributed by atoms with Crippen LogP contribution in [0.5, 0.6) is 5.75 Å². The first kappa shape index (κ1) is 28.8. The van der Waals surface area contributed by atoms with Crippen LogP contribution in [-0.4, -0.2) is 61.7 Å². The van der Waals surface area contributed by atoms with E-state index < -0.39 is 26.6 Å². The maximum absolute atomic E-state index is 6.42. The van der Waals surface area contributed by atoms with E-state index in [1.54, 1.807) is 7.11 Å². The number of benzene rings is 1. The van der Waals surface area contributed by atoms with Gasteiger partial charge in [-0.05, 0) is 75.6 Å². The molecule has 1 aliphatic heterocycles. The van der Waals surface area contributed by atoms with Crippen molar-refractivity contribution in [2.45, 2.75) is 84.4 Å². The number of methoxy groups -OCH3 is 1. The predicted molar refractivity (Wildman–Crippen MR) is 154 cm³/mol. The average molecular weight is 540 g/mol. The second-order valence-corrected chi connectivity index (χ2v) is 17.3. The van der Waals surface area contributed by atoms with E-state index in [2.05, 4.69) is 33.9 Å². The average Bonchev–Trinajstić information content (AvgIpc) is 3.35. The van der Waals surface area contributed by atoms with Gasteiger partial charge in [0.15, 0.2) is 14.1 Å². The molecule has 0 atom stereocenters. The minimum absolute atomic E-state index is 0.131. The van der Waals surface area contributed by atoms with Crippen molar-refractivity contribution in [2.75, 3.05) is 20.3 Å². The van der Waals surface area contributed by atoms with Crippen LogP contribution >= 0.6 is 0 Å². The van der Waals surface area contributed by atoms with Gasteiger partial charge in [-0.3, -0.25) is 0 Å². The smallest absolute Gasteiger partial charge is 0.490 e. The first-order valence-corrected chi connectivity index (χ1v) is 16.2. The lowest BCUT2D eigenvalue weighted by Gasteiger charge is -2.36. The molecule has 3 aromatic rings. The van der Waals surface area contributed by atoms with Gasteiger partial charge in [0.25, 0.3) is 0 Å². The Balaban J connectivity index is 1.71. The number of nitrogens with zero attached hydrogens (tertiary/aromatic N) is 3. The molecule has 0 spiro atoms. The fourth-order valence-electron chi connectivity index (χ4n) is 3.90. The van der Waals surface area contributed by atoms with E-state index in [4.69, 9.17) is 33.3 Å². The molecule has 0 aliphatic carbocycles. The van der Waals surface area contributed by atoms with Crippen molar-refractivity contribution in [1.82, 2.24) is 14.8 Å². The highest BCUT2D eigenvalue weighted by molar-refractivity contribution is 6.74. The molecular weight excluding hydrogens is 497 g/mol. The van der Waals surface area contributed by atoms with Crippen molar-refractivity contribution in [3.05, 3.63) is 42.2 Å². The van der Waals surface area contributed by atoms with E-state index in [0.717, 1.165) is 22.1 Å². The summed E-state index contributed by atoms with van der Waals surface area (Å²) in [4.78, 5) is 4.90. The monoisotopic (exact) mass is 539 g/mol. The van der Waals surface area contributed by atoms with E-state index in [-0.39, 0.29) is 5.04 Å². The van der Waals surface area contributed by atoms with E-state index in [9.17, 15) is 0 Å². The molecule has 38 heavy (non-hydrogen) atoms. The molecule has 3 heterocycles. The molecule has 0 bridgehead atoms. The van der Waals surface area contributed by atoms with Crippen LogP contribution in [0, 0.1) is 0 Å². The SMILES string of the molecule is COCCOc1cc(B2OC(C)(C)C(C)(C)O2)cc2c1cnn2-c1cccc(CO[Si](C)(C)C(C)(C)C)n1. The normalized spacial score (nSPS) is 17.4. The highest BCUT2D eigenvalue weighted by Gasteiger charge is 2.52. The molecule has 0 amide bonds. The van der Waals surface area contributed by atoms with Crippen molar-refractivity contribution >= 4 is 31.8 Å². The van der Waals surface area contributed by atoms with Crippen LogP contribution in [0.4, 0.5) is 0 Å². The van der Waals surface area contributed by atoms with Crippen molar-refractivity contribution in [2.24, 2.45) is 0 Å². The lowest BCUT2D eigenvalue weighted by atomic mass is 9.78. The van der Waals surface area contributed by atoms with Crippen molar-refractivity contribution in [3.8, 4) is 11.6 Å². The Morgan fingerprint density at radius 1 is 1.03 bits per heavy atom. The Kier molecular flexibility index (Phi) is 7.86. The van der Waals surface area contributed by atoms with Gasteiger partial charge >= 0.3 is 7.12 Å². The quantitative estimate of drug-likeness (QED) is 0.271. The van der Waals surface area contributed by atoms with Crippen LogP contribution in [0.1, 0.15) is 54.2 Å². The fourth-order valence-corrected chi connectivity index (χ4v) is 4.85. The van der Waals surface area contributed by atoms with Crippen LogP contribution in [0.15, 0.2) is 36.5 Å². The number of pyridine rings is 1. The van der Waals surface area contributed by atoms with Gasteiger partial charge in [-0.25, -0.2) is 9.67 Å². The molecule has 0 N–H and O–H groups in total. The van der Waals surface area contributed by atoms with Gasteiger partial charge in [-0.1, -0.05) is 26.8 Å². The van der Waals surface area contributed by atoms with Crippen molar-refractivity contribution in [1.29, 1.82) is 0 Å². The van der Waals surface area contributed by atoms with Gasteiger partial charge in [0, 0.05) is 7.11 Å². The van der Waals surface area contributed by atoms with Crippen LogP contribution in [0.3, 0.4) is 0 Å². The summed E-state index contributed by atoms with van der Waals surface area (Å²) in [5, 5.41) is 5.71. The predicted octanol–water partition coefficient (Wildman–Crippen LogP) is 5.27. The van der Waals surface area contributed by atoms with Gasteiger partial charge in [-0.15, -0.1) is 0 Å². The second-order valence-electron chi connectivity index (χ2n) is 12.5. The summed E-state index contributed by atoms with van der Waals surface area (Å²) in [5.74, 6) is 1.41. The van der Waals surface area contributed by atoms with Gasteiger partial charge in [0.2, 0.25) is 0 Å². The molecular formula is C28H42BN3O5Si. The molecule has 1 saturated heterocycles. The van der Waals surface area contributed by atoms with Crippen LogP contribution in [-0.2, 0) is 25.1 Å². The third-order valence-corrected chi connectivity index (χ3v) is 12.6. The molecule has 1 aromatic carbocycles. The summed E-state index contributed by atoms with van der Waals surface area (Å²) in [6.07, 6.45) is 1.81. The number of fused-ring (bicyclic) bond motifs is 1. The van der Waals surface area contributed by atoms with Gasteiger partial charge < -0.3 is 23.2 Å². The molecule has 0 saturated carbocycles. The van der Waals surface area contributed by atoms with E-state index >= 15 is 0 Å². The van der Waals surface area contributed by atoms with Crippen LogP contribution < -0.4 is 10.2 Å². The second kappa shape index (κ2) is 10.4. The summed E-state index contributed by atoms with van der Waals surface area (Å²) in [5.41, 5.74) is 1.69. The molecule has 8 nitrogen and oxygen atoms in total. The molecule has 2 aromatic heterocycles. The Hall–Kier alpha value is -2.24. The summed E-state index contributed by atoms with van der Waals surface area (Å²) in [7, 11) is -0.776. The summed E-state index contributed by atoms with van der Waals surface area (Å²) >= 11 is 0. The standard InChI is InChI=1S/C28H42BN3O5Si/c1-26(2,3)38(9,10)35-19-21-12-11-13-25(31-21)32-23-16-20(29-36-27(4,5)28(6,7)37-29)17-24(22(23)18-30-32)34-15-14-33-8/h11-13,16-18H,14-15,19H2,1-10H3. The molecule has 10 heteroatoms. The molecule has 0 unspecified atom stereocenters. The molecule has 1 fully saturated rings. The van der Waals surface area contributed by atoms with Gasteiger partial charge in [0.05, 0.1) is 47.2 Å². The first-order valence-electron chi connectivity index (χ1n) is 13.2. The highest BCUT2D eigenvalue weighted by Crippen LogP contribution is 2.38. The van der Waals surface area contributed by atoms with Crippen molar-refractivity contribution in [3.63, 3.8) is 0 Å². The molecule has 0 radical (unpaired) electrons. The lowest BCUT2D eigenvalue weighted by molar-refractivity contribution is 0.00578. The Labute approximate surface area is 228 Å². The maximum atomic E-state index is 6.42. The van der Waals surface area contributed by atoms with E-state index in [0.29, 0.717) is 31.4 Å². The zero-order chi connectivity index (χ0) is 27.9. The van der Waals surface area contributed by atoms with E-state index in [1.807, 2.05) is 68.9 Å². The number of aromatic nitrogens is 3. The highest BCUT2D eigenvalue weighted by atomic mass is 28.4. The van der Waals surface area contributed by atoms with E-state index in [1.165, 1.54) is 0 Å². The Bertz CT molecular complexity index is 1270. The van der Waals surface area contributed by atoms with Gasteiger partial charge in [0.1, 0.15) is 12.4 Å². The minimum atomic E-state index is -1.90. The summed E-state index contributed by atoms with van der Waals surface area (Å²) < 4.78 is 32.3. The topological polar surface area (TPSA) is 76.9 Å². The maximum Gasteiger partial charge on any atom is 0.495 e. The lowest BCUT2D eigenvalue weighted by Crippen LogP contribution is -2.41. The van der Waals surface area contributed by atoms with Gasteiger partial charge in [-0.2, -0.15) is 5.10 Å². The van der Waals surface area contributed by atoms with Crippen molar-refractivity contribution < 1.29 is 23.2 Å². The zero-order valence-electron chi connectivity index (χ0n) is 24.5. The number of hydrogen-bond acceptors (Lipinski definition) is 7.